The Hall–Kier alpha value is -1.10. The highest BCUT2D eigenvalue weighted by molar-refractivity contribution is 5.89. The van der Waals surface area contributed by atoms with Gasteiger partial charge in [0.25, 0.3) is 0 Å². The molecule has 1 saturated carbocycles. The maximum atomic E-state index is 11.9. The molecule has 19 heavy (non-hydrogen) atoms. The standard InChI is InChI=1S/C14H25NO4/c1-6-19-10-8-14(12(17)18,13(10,4)5)15-11(16)7-9(2)3/h9-10H,6-8H2,1-5H3,(H,15,16)(H,17,18). The Morgan fingerprint density at radius 1 is 1.42 bits per heavy atom. The van der Waals surface area contributed by atoms with Gasteiger partial charge in [-0.15, -0.1) is 0 Å². The number of carboxylic acid groups (broad SMARTS) is 1. The molecule has 1 aliphatic carbocycles. The molecule has 0 heterocycles. The summed E-state index contributed by atoms with van der Waals surface area (Å²) in [5.74, 6) is -0.984. The van der Waals surface area contributed by atoms with E-state index in [2.05, 4.69) is 5.32 Å². The van der Waals surface area contributed by atoms with Crippen LogP contribution in [0.5, 0.6) is 0 Å². The van der Waals surface area contributed by atoms with Crippen LogP contribution < -0.4 is 5.32 Å². The fraction of sp³-hybridized carbons (Fsp3) is 0.857. The predicted octanol–water partition coefficient (Wildman–Crippen LogP) is 1.81. The molecule has 5 nitrogen and oxygen atoms in total. The average Bonchev–Trinajstić information content (AvgIpc) is 2.25. The van der Waals surface area contributed by atoms with Crippen molar-refractivity contribution >= 4 is 11.9 Å². The number of aliphatic carboxylic acids is 1. The van der Waals surface area contributed by atoms with Gasteiger partial charge in [-0.1, -0.05) is 27.7 Å². The number of ether oxygens (including phenoxy) is 1. The highest BCUT2D eigenvalue weighted by atomic mass is 16.5. The average molecular weight is 271 g/mol. The monoisotopic (exact) mass is 271 g/mol. The Bertz CT molecular complexity index is 364. The molecule has 1 aliphatic rings. The number of carbonyl (C=O) groups is 2. The van der Waals surface area contributed by atoms with E-state index in [-0.39, 0.29) is 17.9 Å². The maximum Gasteiger partial charge on any atom is 0.330 e. The topological polar surface area (TPSA) is 75.6 Å². The molecule has 0 saturated heterocycles. The molecule has 110 valence electrons. The van der Waals surface area contributed by atoms with Crippen molar-refractivity contribution in [2.45, 2.75) is 59.1 Å². The van der Waals surface area contributed by atoms with Crippen LogP contribution >= 0.6 is 0 Å². The molecule has 0 spiro atoms. The van der Waals surface area contributed by atoms with Gasteiger partial charge in [0.15, 0.2) is 0 Å². The largest absolute Gasteiger partial charge is 0.479 e. The van der Waals surface area contributed by atoms with Gasteiger partial charge in [-0.3, -0.25) is 4.79 Å². The summed E-state index contributed by atoms with van der Waals surface area (Å²) >= 11 is 0. The third-order valence-corrected chi connectivity index (χ3v) is 4.08. The second kappa shape index (κ2) is 5.49. The Kier molecular flexibility index (Phi) is 4.61. The van der Waals surface area contributed by atoms with Gasteiger partial charge in [0.1, 0.15) is 5.54 Å². The number of carbonyl (C=O) groups excluding carboxylic acids is 1. The SMILES string of the molecule is CCOC1CC(NC(=O)CC(C)C)(C(=O)O)C1(C)C. The molecule has 0 aromatic rings. The van der Waals surface area contributed by atoms with E-state index >= 15 is 0 Å². The van der Waals surface area contributed by atoms with Gasteiger partial charge in [0.05, 0.1) is 6.10 Å². The van der Waals surface area contributed by atoms with Crippen LogP contribution in [0.2, 0.25) is 0 Å². The van der Waals surface area contributed by atoms with Crippen molar-refractivity contribution in [3.63, 3.8) is 0 Å². The van der Waals surface area contributed by atoms with Crippen LogP contribution in [0.3, 0.4) is 0 Å². The molecule has 0 radical (unpaired) electrons. The van der Waals surface area contributed by atoms with Crippen LogP contribution in [-0.4, -0.2) is 35.2 Å². The molecule has 1 amide bonds. The molecule has 2 N–H and O–H groups in total. The summed E-state index contributed by atoms with van der Waals surface area (Å²) in [6.07, 6.45) is 0.533. The minimum absolute atomic E-state index is 0.132. The van der Waals surface area contributed by atoms with E-state index in [4.69, 9.17) is 4.74 Å². The summed E-state index contributed by atoms with van der Waals surface area (Å²) in [6.45, 7) is 9.96. The first-order chi connectivity index (χ1) is 8.67. The van der Waals surface area contributed by atoms with E-state index in [1.165, 1.54) is 0 Å². The number of hydrogen-bond donors (Lipinski definition) is 2. The van der Waals surface area contributed by atoms with Gasteiger partial charge >= 0.3 is 5.97 Å². The summed E-state index contributed by atoms with van der Waals surface area (Å²) in [6, 6.07) is 0. The van der Waals surface area contributed by atoms with Crippen molar-refractivity contribution in [2.24, 2.45) is 11.3 Å². The zero-order chi connectivity index (χ0) is 14.8. The third-order valence-electron chi connectivity index (χ3n) is 4.08. The van der Waals surface area contributed by atoms with Crippen molar-refractivity contribution in [2.75, 3.05) is 6.61 Å². The molecular weight excluding hydrogens is 246 g/mol. The van der Waals surface area contributed by atoms with Crippen molar-refractivity contribution < 1.29 is 19.4 Å². The van der Waals surface area contributed by atoms with Crippen LogP contribution in [-0.2, 0) is 14.3 Å². The molecule has 0 bridgehead atoms. The molecule has 5 heteroatoms. The highest BCUT2D eigenvalue weighted by Gasteiger charge is 2.66. The van der Waals surface area contributed by atoms with Gasteiger partial charge in [0.2, 0.25) is 5.91 Å². The summed E-state index contributed by atoms with van der Waals surface area (Å²) in [5.41, 5.74) is -1.82. The van der Waals surface area contributed by atoms with Crippen molar-refractivity contribution in [3.8, 4) is 0 Å². The molecule has 2 atom stereocenters. The van der Waals surface area contributed by atoms with E-state index in [9.17, 15) is 14.7 Å². The number of rotatable bonds is 6. The van der Waals surface area contributed by atoms with Gasteiger partial charge in [-0.05, 0) is 12.8 Å². The first-order valence-corrected chi connectivity index (χ1v) is 6.83. The van der Waals surface area contributed by atoms with Crippen molar-refractivity contribution in [3.05, 3.63) is 0 Å². The summed E-state index contributed by atoms with van der Waals surface area (Å²) in [7, 11) is 0. The molecule has 0 aliphatic heterocycles. The first-order valence-electron chi connectivity index (χ1n) is 6.83. The number of nitrogens with one attached hydrogen (secondary N) is 1. The van der Waals surface area contributed by atoms with Crippen LogP contribution in [0.4, 0.5) is 0 Å². The smallest absolute Gasteiger partial charge is 0.330 e. The molecule has 2 unspecified atom stereocenters. The Labute approximate surface area is 114 Å². The van der Waals surface area contributed by atoms with Crippen LogP contribution in [0, 0.1) is 11.3 Å². The third kappa shape index (κ3) is 2.76. The fourth-order valence-corrected chi connectivity index (χ4v) is 2.70. The molecule has 0 aromatic heterocycles. The number of carboxylic acids is 1. The van der Waals surface area contributed by atoms with Crippen LogP contribution in [0.1, 0.15) is 47.5 Å². The van der Waals surface area contributed by atoms with Crippen LogP contribution in [0.15, 0.2) is 0 Å². The van der Waals surface area contributed by atoms with E-state index in [1.54, 1.807) is 0 Å². The lowest BCUT2D eigenvalue weighted by atomic mass is 9.54. The number of amides is 1. The number of hydrogen-bond acceptors (Lipinski definition) is 3. The van der Waals surface area contributed by atoms with Gasteiger partial charge in [-0.25, -0.2) is 4.79 Å². The Balaban J connectivity index is 2.84. The lowest BCUT2D eigenvalue weighted by Crippen LogP contribution is -2.76. The van der Waals surface area contributed by atoms with E-state index < -0.39 is 16.9 Å². The second-order valence-corrected chi connectivity index (χ2v) is 6.23. The zero-order valence-electron chi connectivity index (χ0n) is 12.4. The summed E-state index contributed by atoms with van der Waals surface area (Å²) < 4.78 is 5.55. The quantitative estimate of drug-likeness (QED) is 0.772. The molecular formula is C14H25NO4. The van der Waals surface area contributed by atoms with Gasteiger partial charge < -0.3 is 15.2 Å². The van der Waals surface area contributed by atoms with Gasteiger partial charge in [-0.2, -0.15) is 0 Å². The summed E-state index contributed by atoms with van der Waals surface area (Å²) in [4.78, 5) is 23.5. The molecule has 0 aromatic carbocycles. The normalized spacial score (nSPS) is 28.8. The van der Waals surface area contributed by atoms with E-state index in [0.717, 1.165) is 0 Å². The molecule has 1 fully saturated rings. The van der Waals surface area contributed by atoms with E-state index in [0.29, 0.717) is 19.4 Å². The predicted molar refractivity (Wildman–Crippen MR) is 71.8 cm³/mol. The first kappa shape index (κ1) is 16.0. The van der Waals surface area contributed by atoms with Crippen molar-refractivity contribution in [1.29, 1.82) is 0 Å². The van der Waals surface area contributed by atoms with E-state index in [1.807, 2.05) is 34.6 Å². The zero-order valence-corrected chi connectivity index (χ0v) is 12.4. The second-order valence-electron chi connectivity index (χ2n) is 6.23. The Morgan fingerprint density at radius 3 is 2.37 bits per heavy atom. The highest BCUT2D eigenvalue weighted by Crippen LogP contribution is 2.51. The Morgan fingerprint density at radius 2 is 2.00 bits per heavy atom. The van der Waals surface area contributed by atoms with Gasteiger partial charge in [0, 0.05) is 24.9 Å². The molecule has 1 rings (SSSR count). The lowest BCUT2D eigenvalue weighted by Gasteiger charge is -2.58. The lowest BCUT2D eigenvalue weighted by molar-refractivity contribution is -0.194. The maximum absolute atomic E-state index is 11.9. The summed E-state index contributed by atoms with van der Waals surface area (Å²) in [5, 5.41) is 12.2. The fourth-order valence-electron chi connectivity index (χ4n) is 2.70. The van der Waals surface area contributed by atoms with Crippen molar-refractivity contribution in [1.82, 2.24) is 5.32 Å². The minimum atomic E-state index is -1.21. The van der Waals surface area contributed by atoms with Crippen LogP contribution in [0.25, 0.3) is 0 Å². The minimum Gasteiger partial charge on any atom is -0.479 e.